The largest absolute Gasteiger partial charge is 0.341 e. The molecule has 0 radical (unpaired) electrons. The van der Waals surface area contributed by atoms with Crippen LogP contribution in [0.15, 0.2) is 42.5 Å². The fourth-order valence-corrected chi connectivity index (χ4v) is 6.35. The Hall–Kier alpha value is -1.35. The second-order valence-corrected chi connectivity index (χ2v) is 12.7. The maximum Gasteiger partial charge on any atom is 0.233 e. The summed E-state index contributed by atoms with van der Waals surface area (Å²) in [7, 11) is -1.46. The number of piperazine rings is 1. The summed E-state index contributed by atoms with van der Waals surface area (Å²) in [5.41, 5.74) is 0.867. The number of benzene rings is 2. The number of hydrogen-bond acceptors (Lipinski definition) is 4. The third-order valence-corrected chi connectivity index (χ3v) is 9.06. The van der Waals surface area contributed by atoms with Gasteiger partial charge in [0.25, 0.3) is 0 Å². The Morgan fingerprint density at radius 3 is 2.43 bits per heavy atom. The van der Waals surface area contributed by atoms with Crippen LogP contribution >= 0.6 is 34.8 Å². The second-order valence-electron chi connectivity index (χ2n) is 9.53. The lowest BCUT2D eigenvalue weighted by molar-refractivity contribution is -0.136. The third-order valence-electron chi connectivity index (χ3n) is 6.69. The summed E-state index contributed by atoms with van der Waals surface area (Å²) in [6.07, 6.45) is 1.78. The van der Waals surface area contributed by atoms with Crippen LogP contribution in [0.2, 0.25) is 15.1 Å². The Morgan fingerprint density at radius 1 is 1.11 bits per heavy atom. The number of hydrogen-bond donors (Lipinski definition) is 0. The summed E-state index contributed by atoms with van der Waals surface area (Å²) in [5, 5.41) is 1.46. The van der Waals surface area contributed by atoms with Crippen molar-refractivity contribution in [2.75, 3.05) is 39.5 Å². The van der Waals surface area contributed by atoms with Crippen molar-refractivity contribution in [2.24, 2.45) is 0 Å². The first-order valence-electron chi connectivity index (χ1n) is 11.5. The van der Waals surface area contributed by atoms with E-state index in [9.17, 15) is 13.2 Å². The Kier molecular flexibility index (Phi) is 9.16. The van der Waals surface area contributed by atoms with Gasteiger partial charge in [0, 0.05) is 44.3 Å². The van der Waals surface area contributed by atoms with Gasteiger partial charge in [0.2, 0.25) is 15.9 Å². The van der Waals surface area contributed by atoms with Crippen molar-refractivity contribution in [3.8, 4) is 0 Å². The summed E-state index contributed by atoms with van der Waals surface area (Å²) < 4.78 is 25.6. The molecule has 1 unspecified atom stereocenters. The lowest BCUT2D eigenvalue weighted by Crippen LogP contribution is -2.54. The average Bonchev–Trinajstić information content (AvgIpc) is 2.78. The van der Waals surface area contributed by atoms with Crippen molar-refractivity contribution in [3.05, 3.63) is 68.7 Å². The standard InChI is InChI=1S/C25H32Cl3N3O3S/c1-18-16-30(12-13-31(18)35(4,33)34)11-10-25(2,20-8-9-22(27)23(28)15-20)24(32)29(3)17-19-6-5-7-21(26)14-19/h5-9,14-15,18H,10-13,16-17H2,1-4H3/t18-,25?/m1/s1. The quantitative estimate of drug-likeness (QED) is 0.460. The van der Waals surface area contributed by atoms with E-state index in [4.69, 9.17) is 34.8 Å². The lowest BCUT2D eigenvalue weighted by Gasteiger charge is -2.40. The van der Waals surface area contributed by atoms with Gasteiger partial charge in [-0.15, -0.1) is 0 Å². The fourth-order valence-electron chi connectivity index (χ4n) is 4.71. The summed E-state index contributed by atoms with van der Waals surface area (Å²) in [6, 6.07) is 12.7. The minimum Gasteiger partial charge on any atom is -0.341 e. The monoisotopic (exact) mass is 559 g/mol. The first-order chi connectivity index (χ1) is 16.3. The van der Waals surface area contributed by atoms with Gasteiger partial charge in [-0.3, -0.25) is 4.79 Å². The SMILES string of the molecule is C[C@@H]1CN(CCC(C)(C(=O)N(C)Cc2cccc(Cl)c2)c2ccc(Cl)c(Cl)c2)CCN1S(C)(=O)=O. The van der Waals surface area contributed by atoms with Gasteiger partial charge in [-0.1, -0.05) is 53.0 Å². The van der Waals surface area contributed by atoms with Gasteiger partial charge < -0.3 is 9.80 Å². The molecule has 6 nitrogen and oxygen atoms in total. The molecule has 2 aromatic rings. The molecule has 0 spiro atoms. The van der Waals surface area contributed by atoms with Gasteiger partial charge in [0.1, 0.15) is 0 Å². The highest BCUT2D eigenvalue weighted by molar-refractivity contribution is 7.88. The fraction of sp³-hybridized carbons (Fsp3) is 0.480. The first-order valence-corrected chi connectivity index (χ1v) is 14.4. The van der Waals surface area contributed by atoms with Crippen LogP contribution in [0, 0.1) is 0 Å². The Bertz CT molecular complexity index is 1180. The van der Waals surface area contributed by atoms with E-state index in [2.05, 4.69) is 4.90 Å². The molecule has 2 atom stereocenters. The van der Waals surface area contributed by atoms with Crippen LogP contribution in [0.4, 0.5) is 0 Å². The number of halogens is 3. The molecule has 0 bridgehead atoms. The zero-order chi connectivity index (χ0) is 26.0. The normalized spacial score (nSPS) is 19.3. The van der Waals surface area contributed by atoms with E-state index in [1.54, 1.807) is 30.1 Å². The van der Waals surface area contributed by atoms with E-state index >= 15 is 0 Å². The zero-order valence-corrected chi connectivity index (χ0v) is 23.6. The minimum atomic E-state index is -3.24. The average molecular weight is 561 g/mol. The van der Waals surface area contributed by atoms with E-state index in [-0.39, 0.29) is 11.9 Å². The molecule has 1 saturated heterocycles. The molecule has 1 amide bonds. The van der Waals surface area contributed by atoms with Crippen LogP contribution in [0.25, 0.3) is 0 Å². The Morgan fingerprint density at radius 2 is 1.83 bits per heavy atom. The molecule has 0 N–H and O–H groups in total. The van der Waals surface area contributed by atoms with Gasteiger partial charge >= 0.3 is 0 Å². The molecule has 1 heterocycles. The molecular formula is C25H32Cl3N3O3S. The Labute approximate surface area is 223 Å². The zero-order valence-electron chi connectivity index (χ0n) is 20.5. The van der Waals surface area contributed by atoms with E-state index < -0.39 is 15.4 Å². The van der Waals surface area contributed by atoms with Crippen LogP contribution in [0.3, 0.4) is 0 Å². The van der Waals surface area contributed by atoms with Crippen molar-refractivity contribution < 1.29 is 13.2 Å². The van der Waals surface area contributed by atoms with Gasteiger partial charge in [-0.2, -0.15) is 4.31 Å². The molecule has 1 aliphatic heterocycles. The highest BCUT2D eigenvalue weighted by atomic mass is 35.5. The molecule has 0 aromatic heterocycles. The summed E-state index contributed by atoms with van der Waals surface area (Å²) in [4.78, 5) is 17.8. The summed E-state index contributed by atoms with van der Waals surface area (Å²) >= 11 is 18.6. The van der Waals surface area contributed by atoms with Crippen molar-refractivity contribution in [2.45, 2.75) is 38.3 Å². The molecule has 0 saturated carbocycles. The second kappa shape index (κ2) is 11.4. The number of carbonyl (C=O) groups is 1. The lowest BCUT2D eigenvalue weighted by atomic mass is 9.77. The van der Waals surface area contributed by atoms with Crippen LogP contribution in [0.5, 0.6) is 0 Å². The molecule has 1 fully saturated rings. The van der Waals surface area contributed by atoms with Crippen LogP contribution in [0.1, 0.15) is 31.4 Å². The van der Waals surface area contributed by atoms with Crippen LogP contribution in [-0.2, 0) is 26.8 Å². The molecular weight excluding hydrogens is 529 g/mol. The Balaban J connectivity index is 1.82. The smallest absolute Gasteiger partial charge is 0.233 e. The predicted octanol–water partition coefficient (Wildman–Crippen LogP) is 4.92. The van der Waals surface area contributed by atoms with E-state index in [1.807, 2.05) is 38.1 Å². The van der Waals surface area contributed by atoms with Gasteiger partial charge in [0.15, 0.2) is 0 Å². The number of nitrogens with zero attached hydrogens (tertiary/aromatic N) is 3. The van der Waals surface area contributed by atoms with Gasteiger partial charge in [-0.05, 0) is 62.2 Å². The maximum atomic E-state index is 13.9. The molecule has 192 valence electrons. The van der Waals surface area contributed by atoms with Crippen LogP contribution in [-0.4, -0.2) is 74.0 Å². The number of amides is 1. The third kappa shape index (κ3) is 6.90. The van der Waals surface area contributed by atoms with Crippen molar-refractivity contribution in [1.29, 1.82) is 0 Å². The van der Waals surface area contributed by atoms with E-state index in [0.717, 1.165) is 11.1 Å². The maximum absolute atomic E-state index is 13.9. The van der Waals surface area contributed by atoms with Gasteiger partial charge in [-0.25, -0.2) is 8.42 Å². The molecule has 3 rings (SSSR count). The predicted molar refractivity (Wildman–Crippen MR) is 144 cm³/mol. The summed E-state index contributed by atoms with van der Waals surface area (Å²) in [5.74, 6) is -0.0429. The van der Waals surface area contributed by atoms with Crippen molar-refractivity contribution in [1.82, 2.24) is 14.1 Å². The molecule has 35 heavy (non-hydrogen) atoms. The topological polar surface area (TPSA) is 60.9 Å². The number of likely N-dealkylation sites (N-methyl/N-ethyl adjacent to an activating group) is 1. The minimum absolute atomic E-state index is 0.0429. The van der Waals surface area contributed by atoms with E-state index in [0.29, 0.717) is 54.2 Å². The number of rotatable bonds is 8. The highest BCUT2D eigenvalue weighted by Gasteiger charge is 2.39. The summed E-state index contributed by atoms with van der Waals surface area (Å²) in [6.45, 7) is 6.55. The van der Waals surface area contributed by atoms with Crippen molar-refractivity contribution in [3.63, 3.8) is 0 Å². The van der Waals surface area contributed by atoms with Crippen molar-refractivity contribution >= 4 is 50.7 Å². The van der Waals surface area contributed by atoms with Gasteiger partial charge in [0.05, 0.1) is 21.7 Å². The molecule has 10 heteroatoms. The molecule has 0 aliphatic carbocycles. The molecule has 2 aromatic carbocycles. The number of sulfonamides is 1. The van der Waals surface area contributed by atoms with E-state index in [1.165, 1.54) is 10.6 Å². The number of carbonyl (C=O) groups excluding carboxylic acids is 1. The van der Waals surface area contributed by atoms with Crippen LogP contribution < -0.4 is 0 Å². The molecule has 1 aliphatic rings. The first kappa shape index (κ1) is 28.2. The highest BCUT2D eigenvalue weighted by Crippen LogP contribution is 2.35.